The summed E-state index contributed by atoms with van der Waals surface area (Å²) < 4.78 is 11.2. The monoisotopic (exact) mass is 380 g/mol. The minimum absolute atomic E-state index is 0.146. The number of H-pyrrole nitrogens is 1. The molecule has 1 fully saturated rings. The predicted molar refractivity (Wildman–Crippen MR) is 112 cm³/mol. The van der Waals surface area contributed by atoms with Gasteiger partial charge in [0.25, 0.3) is 0 Å². The van der Waals surface area contributed by atoms with Gasteiger partial charge in [-0.3, -0.25) is 0 Å². The smallest absolute Gasteiger partial charge is 0.203 e. The molecule has 3 aromatic rings. The van der Waals surface area contributed by atoms with Gasteiger partial charge in [0.2, 0.25) is 5.95 Å². The van der Waals surface area contributed by atoms with Crippen LogP contribution < -0.4 is 20.1 Å². The number of benzene rings is 2. The van der Waals surface area contributed by atoms with Gasteiger partial charge in [-0.25, -0.2) is 4.98 Å². The summed E-state index contributed by atoms with van der Waals surface area (Å²) >= 11 is 0. The molecule has 1 atom stereocenters. The molecule has 28 heavy (non-hydrogen) atoms. The Bertz CT molecular complexity index is 869. The van der Waals surface area contributed by atoms with Crippen LogP contribution in [-0.4, -0.2) is 42.8 Å². The van der Waals surface area contributed by atoms with E-state index in [4.69, 9.17) is 20.2 Å². The third kappa shape index (κ3) is 4.07. The van der Waals surface area contributed by atoms with Crippen molar-refractivity contribution in [2.24, 2.45) is 11.7 Å². The van der Waals surface area contributed by atoms with Crippen molar-refractivity contribution < 1.29 is 9.47 Å². The fourth-order valence-corrected chi connectivity index (χ4v) is 3.91. The average Bonchev–Trinajstić information content (AvgIpc) is 3.18. The van der Waals surface area contributed by atoms with Crippen molar-refractivity contribution in [3.05, 3.63) is 48.5 Å². The lowest BCUT2D eigenvalue weighted by Crippen LogP contribution is -2.42. The molecule has 6 heteroatoms. The summed E-state index contributed by atoms with van der Waals surface area (Å²) in [6.45, 7) is 2.56. The zero-order chi connectivity index (χ0) is 19.3. The van der Waals surface area contributed by atoms with Crippen molar-refractivity contribution in [2.75, 3.05) is 31.7 Å². The molecular weight excluding hydrogens is 352 g/mol. The Kier molecular flexibility index (Phi) is 5.67. The molecule has 1 saturated heterocycles. The maximum atomic E-state index is 6.48. The van der Waals surface area contributed by atoms with Gasteiger partial charge < -0.3 is 25.1 Å². The van der Waals surface area contributed by atoms with Crippen molar-refractivity contribution >= 4 is 17.0 Å². The molecule has 6 nitrogen and oxygen atoms in total. The van der Waals surface area contributed by atoms with Crippen LogP contribution in [0.15, 0.2) is 48.5 Å². The Morgan fingerprint density at radius 3 is 2.57 bits per heavy atom. The van der Waals surface area contributed by atoms with Crippen LogP contribution in [0.5, 0.6) is 11.5 Å². The van der Waals surface area contributed by atoms with Gasteiger partial charge in [0.15, 0.2) is 11.5 Å². The Morgan fingerprint density at radius 2 is 1.82 bits per heavy atom. The Labute approximate surface area is 165 Å². The van der Waals surface area contributed by atoms with Crippen molar-refractivity contribution in [1.29, 1.82) is 0 Å². The third-order valence-corrected chi connectivity index (χ3v) is 5.60. The van der Waals surface area contributed by atoms with E-state index in [1.807, 2.05) is 42.5 Å². The van der Waals surface area contributed by atoms with Gasteiger partial charge in [-0.05, 0) is 49.4 Å². The minimum Gasteiger partial charge on any atom is -0.493 e. The Morgan fingerprint density at radius 1 is 1.11 bits per heavy atom. The fourth-order valence-electron chi connectivity index (χ4n) is 3.91. The quantitative estimate of drug-likeness (QED) is 0.655. The van der Waals surface area contributed by atoms with Crippen molar-refractivity contribution in [3.63, 3.8) is 0 Å². The summed E-state index contributed by atoms with van der Waals surface area (Å²) in [7, 11) is 1.66. The van der Waals surface area contributed by atoms with Crippen LogP contribution in [-0.2, 0) is 0 Å². The summed E-state index contributed by atoms with van der Waals surface area (Å²) in [5.41, 5.74) is 8.58. The van der Waals surface area contributed by atoms with E-state index in [2.05, 4.69) is 16.0 Å². The van der Waals surface area contributed by atoms with Gasteiger partial charge in [0.05, 0.1) is 24.8 Å². The van der Waals surface area contributed by atoms with Crippen molar-refractivity contribution in [3.8, 4) is 11.5 Å². The zero-order valence-corrected chi connectivity index (χ0v) is 16.3. The molecule has 1 unspecified atom stereocenters. The molecule has 0 spiro atoms. The van der Waals surface area contributed by atoms with Gasteiger partial charge in [0, 0.05) is 19.1 Å². The molecule has 1 aliphatic rings. The van der Waals surface area contributed by atoms with Crippen LogP contribution in [0.25, 0.3) is 11.0 Å². The van der Waals surface area contributed by atoms with E-state index >= 15 is 0 Å². The summed E-state index contributed by atoms with van der Waals surface area (Å²) in [4.78, 5) is 10.5. The third-order valence-electron chi connectivity index (χ3n) is 5.60. The molecule has 1 aromatic heterocycles. The van der Waals surface area contributed by atoms with Crippen molar-refractivity contribution in [2.45, 2.75) is 25.3 Å². The maximum absolute atomic E-state index is 6.48. The first-order valence-electron chi connectivity index (χ1n) is 9.95. The summed E-state index contributed by atoms with van der Waals surface area (Å²) in [5.74, 6) is 3.02. The van der Waals surface area contributed by atoms with Crippen molar-refractivity contribution in [1.82, 2.24) is 9.97 Å². The largest absolute Gasteiger partial charge is 0.493 e. The van der Waals surface area contributed by atoms with Gasteiger partial charge >= 0.3 is 0 Å². The number of nitrogens with two attached hydrogens (primary N) is 1. The molecule has 0 amide bonds. The number of ether oxygens (including phenoxy) is 2. The number of hydrogen-bond donors (Lipinski definition) is 2. The number of methoxy groups -OCH3 is 1. The SMILES string of the molecule is COc1ccccc1OCCC(N)C1CCN(c2nc3ccccc3[nH]2)CC1. The molecule has 2 heterocycles. The molecule has 148 valence electrons. The van der Waals surface area contributed by atoms with Crippen LogP contribution in [0.3, 0.4) is 0 Å². The number of hydrogen-bond acceptors (Lipinski definition) is 5. The molecule has 4 rings (SSSR count). The van der Waals surface area contributed by atoms with Crippen LogP contribution in [0.1, 0.15) is 19.3 Å². The predicted octanol–water partition coefficient (Wildman–Crippen LogP) is 3.58. The highest BCUT2D eigenvalue weighted by molar-refractivity contribution is 5.77. The zero-order valence-electron chi connectivity index (χ0n) is 16.3. The molecule has 0 aliphatic carbocycles. The Balaban J connectivity index is 1.26. The number of aromatic nitrogens is 2. The molecule has 0 saturated carbocycles. The van der Waals surface area contributed by atoms with E-state index < -0.39 is 0 Å². The maximum Gasteiger partial charge on any atom is 0.203 e. The standard InChI is InChI=1S/C22H28N4O2/c1-27-20-8-4-5-9-21(20)28-15-12-17(23)16-10-13-26(14-11-16)22-24-18-6-2-3-7-19(18)25-22/h2-9,16-17H,10-15,23H2,1H3,(H,24,25). The number of para-hydroxylation sites is 4. The lowest BCUT2D eigenvalue weighted by molar-refractivity contribution is 0.247. The fraction of sp³-hybridized carbons (Fsp3) is 0.409. The van der Waals surface area contributed by atoms with E-state index in [0.717, 1.165) is 60.8 Å². The summed E-state index contributed by atoms with van der Waals surface area (Å²) in [5, 5.41) is 0. The molecule has 0 radical (unpaired) electrons. The number of nitrogens with one attached hydrogen (secondary N) is 1. The average molecular weight is 380 g/mol. The number of fused-ring (bicyclic) bond motifs is 1. The van der Waals surface area contributed by atoms with Crippen LogP contribution in [0.4, 0.5) is 5.95 Å². The number of piperidine rings is 1. The second-order valence-corrected chi connectivity index (χ2v) is 7.35. The van der Waals surface area contributed by atoms with Crippen LogP contribution >= 0.6 is 0 Å². The first kappa shape index (κ1) is 18.6. The summed E-state index contributed by atoms with van der Waals surface area (Å²) in [6.07, 6.45) is 2.99. The van der Waals surface area contributed by atoms with Gasteiger partial charge in [-0.2, -0.15) is 0 Å². The molecule has 1 aliphatic heterocycles. The second kappa shape index (κ2) is 8.52. The van der Waals surface area contributed by atoms with Crippen LogP contribution in [0.2, 0.25) is 0 Å². The van der Waals surface area contributed by atoms with E-state index in [1.54, 1.807) is 7.11 Å². The number of rotatable bonds is 7. The Hall–Kier alpha value is -2.73. The van der Waals surface area contributed by atoms with E-state index in [0.29, 0.717) is 12.5 Å². The highest BCUT2D eigenvalue weighted by Gasteiger charge is 2.25. The number of imidazole rings is 1. The topological polar surface area (TPSA) is 76.4 Å². The molecule has 3 N–H and O–H groups in total. The molecule has 2 aromatic carbocycles. The van der Waals surface area contributed by atoms with E-state index in [-0.39, 0.29) is 6.04 Å². The first-order valence-corrected chi connectivity index (χ1v) is 9.95. The van der Waals surface area contributed by atoms with Crippen LogP contribution in [0, 0.1) is 5.92 Å². The molecule has 0 bridgehead atoms. The van der Waals surface area contributed by atoms with Gasteiger partial charge in [-0.1, -0.05) is 24.3 Å². The molecular formula is C22H28N4O2. The first-order chi connectivity index (χ1) is 13.7. The highest BCUT2D eigenvalue weighted by atomic mass is 16.5. The van der Waals surface area contributed by atoms with Gasteiger partial charge in [0.1, 0.15) is 0 Å². The van der Waals surface area contributed by atoms with E-state index in [1.165, 1.54) is 0 Å². The lowest BCUT2D eigenvalue weighted by atomic mass is 9.88. The second-order valence-electron chi connectivity index (χ2n) is 7.35. The van der Waals surface area contributed by atoms with Gasteiger partial charge in [-0.15, -0.1) is 0 Å². The lowest BCUT2D eigenvalue weighted by Gasteiger charge is -2.34. The normalized spacial score (nSPS) is 16.3. The minimum atomic E-state index is 0.146. The highest BCUT2D eigenvalue weighted by Crippen LogP contribution is 2.28. The van der Waals surface area contributed by atoms with E-state index in [9.17, 15) is 0 Å². The number of anilines is 1. The number of nitrogens with zero attached hydrogens (tertiary/aromatic N) is 2. The summed E-state index contributed by atoms with van der Waals surface area (Å²) in [6, 6.07) is 16.0. The number of aromatic amines is 1.